The highest BCUT2D eigenvalue weighted by Gasteiger charge is 2.32. The molecule has 0 bridgehead atoms. The van der Waals surface area contributed by atoms with E-state index in [0.29, 0.717) is 0 Å². The summed E-state index contributed by atoms with van der Waals surface area (Å²) in [5, 5.41) is 0.977. The van der Waals surface area contributed by atoms with Gasteiger partial charge in [-0.15, -0.1) is 22.7 Å². The molecule has 3 nitrogen and oxygen atoms in total. The van der Waals surface area contributed by atoms with Crippen molar-refractivity contribution in [1.82, 2.24) is 4.98 Å². The Morgan fingerprint density at radius 2 is 1.85 bits per heavy atom. The van der Waals surface area contributed by atoms with Gasteiger partial charge in [0.1, 0.15) is 5.01 Å². The number of hydrogen-bond acceptors (Lipinski definition) is 4. The molecule has 0 fully saturated rings. The van der Waals surface area contributed by atoms with Crippen LogP contribution in [0.25, 0.3) is 20.1 Å². The van der Waals surface area contributed by atoms with Crippen LogP contribution in [0.3, 0.4) is 0 Å². The number of thiazole rings is 1. The standard InChI is InChI=1S/C21H16N2OS2/c1-13-12-14-6-2-4-8-16(14)23(13)21(24)19-11-10-18(25-19)20-22-15-7-3-5-9-17(15)26-20/h2-11,13H,12H2,1H3. The van der Waals surface area contributed by atoms with Gasteiger partial charge in [0, 0.05) is 11.7 Å². The Morgan fingerprint density at radius 1 is 1.04 bits per heavy atom. The maximum Gasteiger partial charge on any atom is 0.268 e. The lowest BCUT2D eigenvalue weighted by molar-refractivity contribution is 0.0985. The van der Waals surface area contributed by atoms with Gasteiger partial charge in [-0.3, -0.25) is 4.79 Å². The zero-order valence-corrected chi connectivity index (χ0v) is 15.8. The highest BCUT2D eigenvalue weighted by molar-refractivity contribution is 7.26. The molecule has 1 atom stereocenters. The number of carbonyl (C=O) groups excluding carboxylic acids is 1. The molecule has 2 aromatic heterocycles. The fourth-order valence-electron chi connectivity index (χ4n) is 3.54. The SMILES string of the molecule is CC1Cc2ccccc2N1C(=O)c1ccc(-c2nc3ccccc3s2)s1. The van der Waals surface area contributed by atoms with Crippen molar-refractivity contribution < 1.29 is 4.79 Å². The van der Waals surface area contributed by atoms with Crippen molar-refractivity contribution >= 4 is 44.5 Å². The number of amides is 1. The molecule has 0 radical (unpaired) electrons. The third-order valence-corrected chi connectivity index (χ3v) is 7.03. The second-order valence-electron chi connectivity index (χ2n) is 6.51. The summed E-state index contributed by atoms with van der Waals surface area (Å²) < 4.78 is 1.17. The number of rotatable bonds is 2. The summed E-state index contributed by atoms with van der Waals surface area (Å²) in [4.78, 5) is 21.6. The number of hydrogen-bond donors (Lipinski definition) is 0. The quantitative estimate of drug-likeness (QED) is 0.455. The third kappa shape index (κ3) is 2.47. The molecule has 1 aliphatic heterocycles. The molecule has 5 heteroatoms. The predicted molar refractivity (Wildman–Crippen MR) is 109 cm³/mol. The smallest absolute Gasteiger partial charge is 0.268 e. The third-order valence-electron chi connectivity index (χ3n) is 4.75. The molecule has 2 aromatic carbocycles. The van der Waals surface area contributed by atoms with Crippen molar-refractivity contribution in [3.05, 3.63) is 71.1 Å². The van der Waals surface area contributed by atoms with Gasteiger partial charge in [0.25, 0.3) is 5.91 Å². The number of benzene rings is 2. The summed E-state index contributed by atoms with van der Waals surface area (Å²) in [5.74, 6) is 0.0832. The Kier molecular flexibility index (Phi) is 3.65. The minimum absolute atomic E-state index is 0.0832. The fraction of sp³-hybridized carbons (Fsp3) is 0.143. The number of anilines is 1. The topological polar surface area (TPSA) is 33.2 Å². The van der Waals surface area contributed by atoms with E-state index >= 15 is 0 Å². The van der Waals surface area contributed by atoms with Crippen molar-refractivity contribution in [3.8, 4) is 9.88 Å². The first-order valence-corrected chi connectivity index (χ1v) is 10.2. The molecule has 4 aromatic rings. The summed E-state index contributed by atoms with van der Waals surface area (Å²) in [5.41, 5.74) is 3.30. The van der Waals surface area contributed by atoms with Crippen LogP contribution in [0.15, 0.2) is 60.7 Å². The van der Waals surface area contributed by atoms with E-state index in [1.165, 1.54) is 21.6 Å². The molecule has 0 saturated carbocycles. The number of fused-ring (bicyclic) bond motifs is 2. The van der Waals surface area contributed by atoms with Crippen LogP contribution >= 0.6 is 22.7 Å². The van der Waals surface area contributed by atoms with Gasteiger partial charge in [-0.2, -0.15) is 0 Å². The minimum Gasteiger partial charge on any atom is -0.304 e. The lowest BCUT2D eigenvalue weighted by Gasteiger charge is -2.21. The highest BCUT2D eigenvalue weighted by atomic mass is 32.1. The number of carbonyl (C=O) groups is 1. The van der Waals surface area contributed by atoms with Crippen LogP contribution < -0.4 is 4.90 Å². The minimum atomic E-state index is 0.0832. The maximum absolute atomic E-state index is 13.2. The molecule has 1 amide bonds. The number of para-hydroxylation sites is 2. The lowest BCUT2D eigenvalue weighted by atomic mass is 10.1. The average molecular weight is 377 g/mol. The highest BCUT2D eigenvalue weighted by Crippen LogP contribution is 2.37. The van der Waals surface area contributed by atoms with E-state index in [0.717, 1.165) is 32.4 Å². The van der Waals surface area contributed by atoms with Crippen LogP contribution in [-0.2, 0) is 6.42 Å². The summed E-state index contributed by atoms with van der Waals surface area (Å²) in [6.07, 6.45) is 0.915. The summed E-state index contributed by atoms with van der Waals surface area (Å²) in [6, 6.07) is 20.5. The first-order valence-electron chi connectivity index (χ1n) is 8.58. The molecule has 26 heavy (non-hydrogen) atoms. The Morgan fingerprint density at radius 3 is 2.73 bits per heavy atom. The maximum atomic E-state index is 13.2. The van der Waals surface area contributed by atoms with Gasteiger partial charge in [-0.25, -0.2) is 4.98 Å². The van der Waals surface area contributed by atoms with Gasteiger partial charge in [0.2, 0.25) is 0 Å². The van der Waals surface area contributed by atoms with Crippen molar-refractivity contribution in [1.29, 1.82) is 0 Å². The van der Waals surface area contributed by atoms with Gasteiger partial charge >= 0.3 is 0 Å². The largest absolute Gasteiger partial charge is 0.304 e. The van der Waals surface area contributed by atoms with Crippen molar-refractivity contribution in [3.63, 3.8) is 0 Å². The second kappa shape index (κ2) is 6.04. The zero-order valence-electron chi connectivity index (χ0n) is 14.2. The monoisotopic (exact) mass is 376 g/mol. The Bertz CT molecular complexity index is 1090. The molecule has 0 saturated heterocycles. The summed E-state index contributed by atoms with van der Waals surface area (Å²) >= 11 is 3.20. The molecule has 1 unspecified atom stereocenters. The molecule has 3 heterocycles. The van der Waals surface area contributed by atoms with Crippen LogP contribution in [0.5, 0.6) is 0 Å². The Balaban J connectivity index is 1.49. The van der Waals surface area contributed by atoms with Gasteiger partial charge < -0.3 is 4.90 Å². The summed E-state index contributed by atoms with van der Waals surface area (Å²) in [6.45, 7) is 2.11. The van der Waals surface area contributed by atoms with Crippen molar-refractivity contribution in [2.24, 2.45) is 0 Å². The number of nitrogens with zero attached hydrogens (tertiary/aromatic N) is 2. The number of aromatic nitrogens is 1. The zero-order chi connectivity index (χ0) is 17.7. The van der Waals surface area contributed by atoms with Crippen LogP contribution in [0.2, 0.25) is 0 Å². The van der Waals surface area contributed by atoms with E-state index in [9.17, 15) is 4.79 Å². The Labute approximate surface area is 159 Å². The molecular formula is C21H16N2OS2. The first kappa shape index (κ1) is 15.7. The molecule has 5 rings (SSSR count). The van der Waals surface area contributed by atoms with Gasteiger partial charge in [-0.1, -0.05) is 30.3 Å². The van der Waals surface area contributed by atoms with E-state index < -0.39 is 0 Å². The van der Waals surface area contributed by atoms with Crippen LogP contribution in [0, 0.1) is 0 Å². The molecule has 0 N–H and O–H groups in total. The fourth-order valence-corrected chi connectivity index (χ4v) is 5.50. The molecule has 0 aliphatic carbocycles. The lowest BCUT2D eigenvalue weighted by Crippen LogP contribution is -2.35. The van der Waals surface area contributed by atoms with Crippen LogP contribution in [0.1, 0.15) is 22.2 Å². The Hall–Kier alpha value is -2.50. The van der Waals surface area contributed by atoms with Crippen molar-refractivity contribution in [2.75, 3.05) is 4.90 Å². The van der Waals surface area contributed by atoms with E-state index in [1.54, 1.807) is 11.3 Å². The molecule has 0 spiro atoms. The summed E-state index contributed by atoms with van der Waals surface area (Å²) in [7, 11) is 0. The van der Waals surface area contributed by atoms with E-state index in [1.807, 2.05) is 53.4 Å². The van der Waals surface area contributed by atoms with E-state index in [-0.39, 0.29) is 11.9 Å². The van der Waals surface area contributed by atoms with E-state index in [4.69, 9.17) is 4.98 Å². The molecule has 128 valence electrons. The van der Waals surface area contributed by atoms with Crippen LogP contribution in [-0.4, -0.2) is 16.9 Å². The number of thiophene rings is 1. The van der Waals surface area contributed by atoms with Gasteiger partial charge in [-0.05, 0) is 49.2 Å². The van der Waals surface area contributed by atoms with Crippen LogP contribution in [0.4, 0.5) is 5.69 Å². The van der Waals surface area contributed by atoms with Crippen molar-refractivity contribution in [2.45, 2.75) is 19.4 Å². The average Bonchev–Trinajstić information content (AvgIpc) is 3.36. The molecular weight excluding hydrogens is 360 g/mol. The molecule has 1 aliphatic rings. The first-order chi connectivity index (χ1) is 12.7. The predicted octanol–water partition coefficient (Wildman–Crippen LogP) is 5.62. The second-order valence-corrected chi connectivity index (χ2v) is 8.62. The normalized spacial score (nSPS) is 16.2. The van der Waals surface area contributed by atoms with E-state index in [2.05, 4.69) is 19.1 Å². The van der Waals surface area contributed by atoms with Gasteiger partial charge in [0.15, 0.2) is 0 Å². The van der Waals surface area contributed by atoms with Gasteiger partial charge in [0.05, 0.1) is 20.0 Å².